The van der Waals surface area contributed by atoms with E-state index in [4.69, 9.17) is 4.42 Å². The molecule has 1 amide bonds. The second kappa shape index (κ2) is 6.91. The standard InChI is InChI=1S/C18H13F3N2O3/c1-11-15(23-17(25-11)12-5-3-2-4-6-12)16(24)22-13-7-9-14(10-8-13)26-18(19,20)21/h2-10H,1H3,(H,22,24). The monoisotopic (exact) mass is 362 g/mol. The highest BCUT2D eigenvalue weighted by atomic mass is 19.4. The predicted molar refractivity (Wildman–Crippen MR) is 87.8 cm³/mol. The van der Waals surface area contributed by atoms with Crippen LogP contribution < -0.4 is 10.1 Å². The molecule has 0 radical (unpaired) electrons. The van der Waals surface area contributed by atoms with Crippen molar-refractivity contribution in [1.29, 1.82) is 0 Å². The number of hydrogen-bond donors (Lipinski definition) is 1. The smallest absolute Gasteiger partial charge is 0.441 e. The number of aryl methyl sites for hydroxylation is 1. The van der Waals surface area contributed by atoms with Crippen molar-refractivity contribution in [2.75, 3.05) is 5.32 Å². The average Bonchev–Trinajstić information content (AvgIpc) is 2.98. The third-order valence-electron chi connectivity index (χ3n) is 3.38. The van der Waals surface area contributed by atoms with Crippen LogP contribution in [0.5, 0.6) is 5.75 Å². The van der Waals surface area contributed by atoms with E-state index >= 15 is 0 Å². The molecule has 2 aromatic carbocycles. The first kappa shape index (κ1) is 17.5. The van der Waals surface area contributed by atoms with Gasteiger partial charge in [-0.25, -0.2) is 4.98 Å². The quantitative estimate of drug-likeness (QED) is 0.724. The predicted octanol–water partition coefficient (Wildman–Crippen LogP) is 4.80. The summed E-state index contributed by atoms with van der Waals surface area (Å²) in [6.45, 7) is 1.61. The van der Waals surface area contributed by atoms with Gasteiger partial charge in [0.15, 0.2) is 5.69 Å². The fourth-order valence-corrected chi connectivity index (χ4v) is 2.24. The summed E-state index contributed by atoms with van der Waals surface area (Å²) in [4.78, 5) is 16.5. The molecule has 3 rings (SSSR count). The molecule has 0 bridgehead atoms. The van der Waals surface area contributed by atoms with Gasteiger partial charge < -0.3 is 14.5 Å². The number of benzene rings is 2. The summed E-state index contributed by atoms with van der Waals surface area (Å²) in [5.41, 5.74) is 1.12. The number of amides is 1. The molecule has 26 heavy (non-hydrogen) atoms. The maximum absolute atomic E-state index is 12.3. The molecule has 0 fully saturated rings. The van der Waals surface area contributed by atoms with Gasteiger partial charge in [0.25, 0.3) is 5.91 Å². The van der Waals surface area contributed by atoms with Crippen molar-refractivity contribution in [2.24, 2.45) is 0 Å². The van der Waals surface area contributed by atoms with Gasteiger partial charge in [0.05, 0.1) is 0 Å². The summed E-state index contributed by atoms with van der Waals surface area (Å²) >= 11 is 0. The Morgan fingerprint density at radius 2 is 1.73 bits per heavy atom. The van der Waals surface area contributed by atoms with E-state index in [9.17, 15) is 18.0 Å². The summed E-state index contributed by atoms with van der Waals surface area (Å²) in [6, 6.07) is 13.9. The average molecular weight is 362 g/mol. The van der Waals surface area contributed by atoms with Crippen LogP contribution in [0.25, 0.3) is 11.5 Å². The Labute approximate surface area is 146 Å². The van der Waals surface area contributed by atoms with Crippen molar-refractivity contribution in [3.63, 3.8) is 0 Å². The number of alkyl halides is 3. The van der Waals surface area contributed by atoms with Crippen LogP contribution in [-0.4, -0.2) is 17.3 Å². The number of carbonyl (C=O) groups is 1. The largest absolute Gasteiger partial charge is 0.573 e. The van der Waals surface area contributed by atoms with Crippen LogP contribution >= 0.6 is 0 Å². The Hall–Kier alpha value is -3.29. The van der Waals surface area contributed by atoms with Crippen LogP contribution in [-0.2, 0) is 0 Å². The van der Waals surface area contributed by atoms with Gasteiger partial charge >= 0.3 is 6.36 Å². The van der Waals surface area contributed by atoms with Crippen molar-refractivity contribution < 1.29 is 27.1 Å². The highest BCUT2D eigenvalue weighted by molar-refractivity contribution is 6.03. The van der Waals surface area contributed by atoms with E-state index in [1.165, 1.54) is 12.1 Å². The number of anilines is 1. The molecule has 0 atom stereocenters. The molecule has 134 valence electrons. The van der Waals surface area contributed by atoms with Gasteiger partial charge in [0.2, 0.25) is 5.89 Å². The zero-order valence-electron chi connectivity index (χ0n) is 13.5. The molecule has 0 aliphatic heterocycles. The molecule has 0 aliphatic carbocycles. The van der Waals surface area contributed by atoms with E-state index in [1.54, 1.807) is 19.1 Å². The lowest BCUT2D eigenvalue weighted by atomic mass is 10.2. The molecule has 8 heteroatoms. The van der Waals surface area contributed by atoms with E-state index in [-0.39, 0.29) is 11.4 Å². The molecule has 1 heterocycles. The molecular formula is C18H13F3N2O3. The molecule has 5 nitrogen and oxygen atoms in total. The van der Waals surface area contributed by atoms with E-state index in [2.05, 4.69) is 15.0 Å². The number of ether oxygens (including phenoxy) is 1. The molecule has 0 spiro atoms. The molecule has 0 saturated carbocycles. The van der Waals surface area contributed by atoms with E-state index in [0.29, 0.717) is 17.3 Å². The summed E-state index contributed by atoms with van der Waals surface area (Å²) < 4.78 is 45.7. The van der Waals surface area contributed by atoms with Crippen LogP contribution in [0.1, 0.15) is 16.2 Å². The minimum absolute atomic E-state index is 0.0967. The van der Waals surface area contributed by atoms with E-state index in [0.717, 1.165) is 17.7 Å². The summed E-state index contributed by atoms with van der Waals surface area (Å²) in [6.07, 6.45) is -4.77. The van der Waals surface area contributed by atoms with Crippen molar-refractivity contribution in [3.05, 3.63) is 66.1 Å². The fraction of sp³-hybridized carbons (Fsp3) is 0.111. The lowest BCUT2D eigenvalue weighted by molar-refractivity contribution is -0.274. The number of carbonyl (C=O) groups excluding carboxylic acids is 1. The summed E-state index contributed by atoms with van der Waals surface area (Å²) in [7, 11) is 0. The second-order valence-corrected chi connectivity index (χ2v) is 5.32. The highest BCUT2D eigenvalue weighted by Crippen LogP contribution is 2.25. The van der Waals surface area contributed by atoms with Crippen molar-refractivity contribution in [2.45, 2.75) is 13.3 Å². The fourth-order valence-electron chi connectivity index (χ4n) is 2.24. The number of nitrogens with zero attached hydrogens (tertiary/aromatic N) is 1. The SMILES string of the molecule is Cc1oc(-c2ccccc2)nc1C(=O)Nc1ccc(OC(F)(F)F)cc1. The second-order valence-electron chi connectivity index (χ2n) is 5.32. The summed E-state index contributed by atoms with van der Waals surface area (Å²) in [5, 5.41) is 2.56. The molecule has 3 aromatic rings. The number of halogens is 3. The van der Waals surface area contributed by atoms with Crippen LogP contribution in [0.4, 0.5) is 18.9 Å². The maximum atomic E-state index is 12.3. The van der Waals surface area contributed by atoms with Gasteiger partial charge in [-0.2, -0.15) is 0 Å². The number of aromatic nitrogens is 1. The van der Waals surface area contributed by atoms with Crippen LogP contribution in [0.2, 0.25) is 0 Å². The van der Waals surface area contributed by atoms with Gasteiger partial charge in [0.1, 0.15) is 11.5 Å². The minimum atomic E-state index is -4.77. The molecule has 1 aromatic heterocycles. The van der Waals surface area contributed by atoms with Crippen molar-refractivity contribution >= 4 is 11.6 Å². The first-order valence-corrected chi connectivity index (χ1v) is 7.52. The Bertz CT molecular complexity index is 904. The third-order valence-corrected chi connectivity index (χ3v) is 3.38. The maximum Gasteiger partial charge on any atom is 0.573 e. The van der Waals surface area contributed by atoms with Gasteiger partial charge in [-0.15, -0.1) is 13.2 Å². The Balaban J connectivity index is 1.73. The van der Waals surface area contributed by atoms with Crippen molar-refractivity contribution in [1.82, 2.24) is 4.98 Å². The Morgan fingerprint density at radius 1 is 1.08 bits per heavy atom. The topological polar surface area (TPSA) is 64.4 Å². The zero-order chi connectivity index (χ0) is 18.7. The van der Waals surface area contributed by atoms with Gasteiger partial charge in [-0.05, 0) is 43.3 Å². The number of oxazole rings is 1. The first-order chi connectivity index (χ1) is 12.3. The van der Waals surface area contributed by atoms with Crippen LogP contribution in [0.3, 0.4) is 0 Å². The zero-order valence-corrected chi connectivity index (χ0v) is 13.5. The Kier molecular flexibility index (Phi) is 4.66. The molecule has 1 N–H and O–H groups in total. The molecular weight excluding hydrogens is 349 g/mol. The van der Waals surface area contributed by atoms with Gasteiger partial charge in [-0.3, -0.25) is 4.79 Å². The normalized spacial score (nSPS) is 11.2. The van der Waals surface area contributed by atoms with Crippen LogP contribution in [0, 0.1) is 6.92 Å². The molecule has 0 unspecified atom stereocenters. The van der Waals surface area contributed by atoms with Gasteiger partial charge in [0, 0.05) is 11.3 Å². The van der Waals surface area contributed by atoms with Gasteiger partial charge in [-0.1, -0.05) is 18.2 Å². The van der Waals surface area contributed by atoms with E-state index < -0.39 is 12.3 Å². The lowest BCUT2D eigenvalue weighted by Crippen LogP contribution is -2.17. The number of hydrogen-bond acceptors (Lipinski definition) is 4. The Morgan fingerprint density at radius 3 is 2.35 bits per heavy atom. The number of rotatable bonds is 4. The minimum Gasteiger partial charge on any atom is -0.441 e. The first-order valence-electron chi connectivity index (χ1n) is 7.52. The van der Waals surface area contributed by atoms with Crippen LogP contribution in [0.15, 0.2) is 59.0 Å². The van der Waals surface area contributed by atoms with Crippen molar-refractivity contribution in [3.8, 4) is 17.2 Å². The molecule has 0 aliphatic rings. The summed E-state index contributed by atoms with van der Waals surface area (Å²) in [5.74, 6) is -0.266. The lowest BCUT2D eigenvalue weighted by Gasteiger charge is -2.09. The third kappa shape index (κ3) is 4.21. The highest BCUT2D eigenvalue weighted by Gasteiger charge is 2.31. The number of nitrogens with one attached hydrogen (secondary N) is 1. The van der Waals surface area contributed by atoms with E-state index in [1.807, 2.05) is 18.2 Å². The molecule has 0 saturated heterocycles.